The van der Waals surface area contributed by atoms with Crippen molar-refractivity contribution >= 4 is 11.6 Å². The molecular formula is C20H26N2O. The van der Waals surface area contributed by atoms with Crippen LogP contribution < -0.4 is 5.32 Å². The molecule has 1 N–H and O–H groups in total. The Balaban J connectivity index is 2.04. The number of nitrogens with zero attached hydrogens (tertiary/aromatic N) is 1. The summed E-state index contributed by atoms with van der Waals surface area (Å²) in [5, 5.41) is 3.02. The van der Waals surface area contributed by atoms with Gasteiger partial charge in [0.25, 0.3) is 0 Å². The van der Waals surface area contributed by atoms with Crippen LogP contribution in [0.15, 0.2) is 54.6 Å². The number of hydrogen-bond donors (Lipinski definition) is 1. The Morgan fingerprint density at radius 2 is 1.74 bits per heavy atom. The molecule has 0 saturated carbocycles. The van der Waals surface area contributed by atoms with Gasteiger partial charge in [0.2, 0.25) is 5.91 Å². The summed E-state index contributed by atoms with van der Waals surface area (Å²) in [5.74, 6) is 0.0375. The van der Waals surface area contributed by atoms with Crippen molar-refractivity contribution in [2.45, 2.75) is 33.2 Å². The van der Waals surface area contributed by atoms with Gasteiger partial charge in [0.15, 0.2) is 0 Å². The van der Waals surface area contributed by atoms with E-state index in [-0.39, 0.29) is 11.9 Å². The molecule has 122 valence electrons. The molecule has 1 atom stereocenters. The molecule has 3 nitrogen and oxygen atoms in total. The van der Waals surface area contributed by atoms with Crippen LogP contribution in [-0.4, -0.2) is 23.9 Å². The molecule has 0 aliphatic heterocycles. The van der Waals surface area contributed by atoms with E-state index in [4.69, 9.17) is 0 Å². The monoisotopic (exact) mass is 310 g/mol. The van der Waals surface area contributed by atoms with E-state index in [0.29, 0.717) is 6.54 Å². The number of anilines is 1. The van der Waals surface area contributed by atoms with E-state index in [1.165, 1.54) is 5.56 Å². The predicted octanol–water partition coefficient (Wildman–Crippen LogP) is 4.41. The van der Waals surface area contributed by atoms with Gasteiger partial charge in [0.1, 0.15) is 0 Å². The smallest absolute Gasteiger partial charge is 0.238 e. The third-order valence-electron chi connectivity index (χ3n) is 4.11. The Labute approximate surface area is 139 Å². The second-order valence-electron chi connectivity index (χ2n) is 5.92. The van der Waals surface area contributed by atoms with Crippen molar-refractivity contribution in [3.63, 3.8) is 0 Å². The first-order valence-corrected chi connectivity index (χ1v) is 8.26. The van der Waals surface area contributed by atoms with Crippen molar-refractivity contribution in [2.75, 3.05) is 18.4 Å². The molecule has 0 heterocycles. The molecule has 0 aliphatic carbocycles. The third-order valence-corrected chi connectivity index (χ3v) is 4.11. The zero-order valence-electron chi connectivity index (χ0n) is 14.3. The first-order chi connectivity index (χ1) is 11.1. The molecule has 0 bridgehead atoms. The first-order valence-electron chi connectivity index (χ1n) is 8.26. The molecule has 0 aliphatic rings. The summed E-state index contributed by atoms with van der Waals surface area (Å²) >= 11 is 0. The molecule has 0 unspecified atom stereocenters. The van der Waals surface area contributed by atoms with Gasteiger partial charge in [-0.3, -0.25) is 9.69 Å². The van der Waals surface area contributed by atoms with Crippen molar-refractivity contribution in [3.8, 4) is 0 Å². The fraction of sp³-hybridized carbons (Fsp3) is 0.350. The van der Waals surface area contributed by atoms with E-state index < -0.39 is 0 Å². The normalized spacial score (nSPS) is 12.2. The van der Waals surface area contributed by atoms with Crippen LogP contribution in [0.2, 0.25) is 0 Å². The number of aryl methyl sites for hydroxylation is 1. The van der Waals surface area contributed by atoms with Gasteiger partial charge in [-0.15, -0.1) is 0 Å². The highest BCUT2D eigenvalue weighted by Crippen LogP contribution is 2.20. The second-order valence-corrected chi connectivity index (χ2v) is 5.92. The summed E-state index contributed by atoms with van der Waals surface area (Å²) in [7, 11) is 0. The molecule has 0 aromatic heterocycles. The van der Waals surface area contributed by atoms with Gasteiger partial charge in [-0.2, -0.15) is 0 Å². The minimum atomic E-state index is 0.0375. The maximum Gasteiger partial charge on any atom is 0.238 e. The van der Waals surface area contributed by atoms with Crippen LogP contribution in [0.3, 0.4) is 0 Å². The molecule has 1 amide bonds. The molecule has 2 aromatic rings. The summed E-state index contributed by atoms with van der Waals surface area (Å²) in [6, 6.07) is 18.4. The minimum Gasteiger partial charge on any atom is -0.325 e. The standard InChI is InChI=1S/C20H26N2O/c1-4-14-22(17(3)18-11-6-5-7-12-18)15-20(23)21-19-13-9-8-10-16(19)2/h5-13,17H,4,14-15H2,1-3H3,(H,21,23)/t17-/m1/s1. The van der Waals surface area contributed by atoms with Crippen molar-refractivity contribution in [3.05, 3.63) is 65.7 Å². The Kier molecular flexibility index (Phi) is 6.36. The molecule has 0 radical (unpaired) electrons. The van der Waals surface area contributed by atoms with E-state index in [2.05, 4.69) is 36.2 Å². The number of carbonyl (C=O) groups is 1. The van der Waals surface area contributed by atoms with Gasteiger partial charge >= 0.3 is 0 Å². The van der Waals surface area contributed by atoms with E-state index in [1.54, 1.807) is 0 Å². The van der Waals surface area contributed by atoms with E-state index in [1.807, 2.05) is 49.4 Å². The van der Waals surface area contributed by atoms with Crippen LogP contribution in [-0.2, 0) is 4.79 Å². The van der Waals surface area contributed by atoms with Crippen molar-refractivity contribution in [1.29, 1.82) is 0 Å². The van der Waals surface area contributed by atoms with Crippen LogP contribution in [0, 0.1) is 6.92 Å². The Morgan fingerprint density at radius 1 is 1.09 bits per heavy atom. The number of carbonyl (C=O) groups excluding carboxylic acids is 1. The molecule has 23 heavy (non-hydrogen) atoms. The van der Waals surface area contributed by atoms with Gasteiger partial charge in [-0.1, -0.05) is 55.5 Å². The lowest BCUT2D eigenvalue weighted by atomic mass is 10.1. The Hall–Kier alpha value is -2.13. The van der Waals surface area contributed by atoms with Crippen molar-refractivity contribution in [1.82, 2.24) is 4.90 Å². The summed E-state index contributed by atoms with van der Waals surface area (Å²) < 4.78 is 0. The first kappa shape index (κ1) is 17.2. The molecule has 0 spiro atoms. The highest BCUT2D eigenvalue weighted by molar-refractivity contribution is 5.92. The van der Waals surface area contributed by atoms with Gasteiger partial charge in [0.05, 0.1) is 6.54 Å². The Bertz CT molecular complexity index is 625. The van der Waals surface area contributed by atoms with Crippen LogP contribution in [0.5, 0.6) is 0 Å². The van der Waals surface area contributed by atoms with Crippen LogP contribution in [0.1, 0.15) is 37.4 Å². The van der Waals surface area contributed by atoms with Crippen LogP contribution in [0.4, 0.5) is 5.69 Å². The number of amides is 1. The van der Waals surface area contributed by atoms with Gasteiger partial charge in [-0.25, -0.2) is 0 Å². The molecular weight excluding hydrogens is 284 g/mol. The zero-order chi connectivity index (χ0) is 16.7. The topological polar surface area (TPSA) is 32.3 Å². The predicted molar refractivity (Wildman–Crippen MR) is 96.5 cm³/mol. The lowest BCUT2D eigenvalue weighted by Crippen LogP contribution is -2.36. The number of nitrogens with one attached hydrogen (secondary N) is 1. The maximum atomic E-state index is 12.4. The molecule has 2 rings (SSSR count). The maximum absolute atomic E-state index is 12.4. The van der Waals surface area contributed by atoms with Gasteiger partial charge in [0, 0.05) is 11.7 Å². The molecule has 0 fully saturated rings. The number of benzene rings is 2. The average molecular weight is 310 g/mol. The second kappa shape index (κ2) is 8.49. The fourth-order valence-electron chi connectivity index (χ4n) is 2.73. The lowest BCUT2D eigenvalue weighted by Gasteiger charge is -2.28. The summed E-state index contributed by atoms with van der Waals surface area (Å²) in [5.41, 5.74) is 3.21. The SMILES string of the molecule is CCCN(CC(=O)Nc1ccccc1C)[C@H](C)c1ccccc1. The number of para-hydroxylation sites is 1. The summed E-state index contributed by atoms with van der Waals surface area (Å²) in [6.45, 7) is 7.61. The zero-order valence-corrected chi connectivity index (χ0v) is 14.3. The number of hydrogen-bond acceptors (Lipinski definition) is 2. The van der Waals surface area contributed by atoms with E-state index in [0.717, 1.165) is 24.2 Å². The minimum absolute atomic E-state index is 0.0375. The van der Waals surface area contributed by atoms with E-state index in [9.17, 15) is 4.79 Å². The fourth-order valence-corrected chi connectivity index (χ4v) is 2.73. The van der Waals surface area contributed by atoms with Crippen LogP contribution in [0.25, 0.3) is 0 Å². The highest BCUT2D eigenvalue weighted by Gasteiger charge is 2.18. The Morgan fingerprint density at radius 3 is 2.39 bits per heavy atom. The number of rotatable bonds is 7. The highest BCUT2D eigenvalue weighted by atomic mass is 16.2. The van der Waals surface area contributed by atoms with Gasteiger partial charge in [-0.05, 0) is 44.0 Å². The van der Waals surface area contributed by atoms with Crippen LogP contribution >= 0.6 is 0 Å². The average Bonchev–Trinajstić information content (AvgIpc) is 2.57. The molecule has 2 aromatic carbocycles. The summed E-state index contributed by atoms with van der Waals surface area (Å²) in [4.78, 5) is 14.7. The largest absolute Gasteiger partial charge is 0.325 e. The van der Waals surface area contributed by atoms with Gasteiger partial charge < -0.3 is 5.32 Å². The molecule has 3 heteroatoms. The third kappa shape index (κ3) is 4.93. The van der Waals surface area contributed by atoms with Crippen molar-refractivity contribution < 1.29 is 4.79 Å². The quantitative estimate of drug-likeness (QED) is 0.821. The molecule has 0 saturated heterocycles. The lowest BCUT2D eigenvalue weighted by molar-refractivity contribution is -0.117. The van der Waals surface area contributed by atoms with E-state index >= 15 is 0 Å². The summed E-state index contributed by atoms with van der Waals surface area (Å²) in [6.07, 6.45) is 1.02. The van der Waals surface area contributed by atoms with Crippen molar-refractivity contribution in [2.24, 2.45) is 0 Å².